The number of hydrogen-bond donors (Lipinski definition) is 1. The Balaban J connectivity index is 1.85. The fourth-order valence-electron chi connectivity index (χ4n) is 2.61. The van der Waals surface area contributed by atoms with Crippen molar-refractivity contribution in [2.45, 2.75) is 13.0 Å². The molecule has 0 fully saturated rings. The highest BCUT2D eigenvalue weighted by Gasteiger charge is 2.18. The van der Waals surface area contributed by atoms with Crippen molar-refractivity contribution in [3.8, 4) is 17.2 Å². The van der Waals surface area contributed by atoms with Gasteiger partial charge in [-0.05, 0) is 36.5 Å². The highest BCUT2D eigenvalue weighted by Crippen LogP contribution is 2.39. The normalized spacial score (nSPS) is 11.2. The second-order valence-electron chi connectivity index (χ2n) is 6.04. The van der Waals surface area contributed by atoms with Gasteiger partial charge in [0.15, 0.2) is 11.5 Å². The third kappa shape index (κ3) is 4.94. The number of aromatic nitrogens is 3. The van der Waals surface area contributed by atoms with E-state index in [1.807, 2.05) is 0 Å². The SMILES string of the molecule is COC(=O)c1ccc(COc2c(OC)cc(C=Nn3c(C(F)F)n[nH]c3=S)cc2OC)o1. The number of aromatic amines is 1. The number of methoxy groups -OCH3 is 3. The van der Waals surface area contributed by atoms with Gasteiger partial charge in [0, 0.05) is 5.56 Å². The fraction of sp³-hybridized carbons (Fsp3) is 0.263. The largest absolute Gasteiger partial charge is 0.493 e. The molecule has 13 heteroatoms. The molecular weight excluding hydrogens is 450 g/mol. The van der Waals surface area contributed by atoms with Crippen LogP contribution in [0.25, 0.3) is 0 Å². The van der Waals surface area contributed by atoms with Crippen LogP contribution in [0.4, 0.5) is 8.78 Å². The topological polar surface area (TPSA) is 113 Å². The van der Waals surface area contributed by atoms with Crippen LogP contribution in [-0.4, -0.2) is 48.4 Å². The summed E-state index contributed by atoms with van der Waals surface area (Å²) in [6, 6.07) is 6.17. The van der Waals surface area contributed by atoms with Crippen molar-refractivity contribution in [3.63, 3.8) is 0 Å². The number of benzene rings is 1. The Morgan fingerprint density at radius 1 is 1.28 bits per heavy atom. The van der Waals surface area contributed by atoms with Crippen LogP contribution < -0.4 is 14.2 Å². The molecule has 2 aromatic heterocycles. The van der Waals surface area contributed by atoms with Gasteiger partial charge in [-0.1, -0.05) is 0 Å². The summed E-state index contributed by atoms with van der Waals surface area (Å²) >= 11 is 4.92. The number of halogens is 2. The molecule has 0 bridgehead atoms. The molecule has 170 valence electrons. The predicted octanol–water partition coefficient (Wildman–Crippen LogP) is 3.74. The number of furan rings is 1. The summed E-state index contributed by atoms with van der Waals surface area (Å²) in [5, 5.41) is 9.69. The Labute approximate surface area is 185 Å². The molecule has 0 saturated heterocycles. The van der Waals surface area contributed by atoms with Crippen LogP contribution in [0.3, 0.4) is 0 Å². The van der Waals surface area contributed by atoms with Crippen molar-refractivity contribution < 1.29 is 36.9 Å². The molecule has 0 saturated carbocycles. The van der Waals surface area contributed by atoms with Crippen LogP contribution >= 0.6 is 12.2 Å². The van der Waals surface area contributed by atoms with Gasteiger partial charge in [0.25, 0.3) is 6.43 Å². The standard InChI is InChI=1S/C19H18F2N4O6S/c1-27-13-6-10(8-22-25-17(16(20)21)23-24-19(25)32)7-14(28-2)15(13)30-9-11-4-5-12(31-11)18(26)29-3/h4-8,16H,9H2,1-3H3,(H,24,32). The summed E-state index contributed by atoms with van der Waals surface area (Å²) in [6.07, 6.45) is -1.57. The fourth-order valence-corrected chi connectivity index (χ4v) is 2.79. The van der Waals surface area contributed by atoms with Crippen molar-refractivity contribution in [1.82, 2.24) is 14.9 Å². The van der Waals surface area contributed by atoms with E-state index in [0.29, 0.717) is 11.3 Å². The van der Waals surface area contributed by atoms with Crippen LogP contribution in [0.2, 0.25) is 0 Å². The lowest BCUT2D eigenvalue weighted by atomic mass is 10.2. The number of nitrogens with one attached hydrogen (secondary N) is 1. The zero-order valence-corrected chi connectivity index (χ0v) is 17.9. The molecule has 1 N–H and O–H groups in total. The molecule has 0 amide bonds. The van der Waals surface area contributed by atoms with Gasteiger partial charge in [-0.2, -0.15) is 14.9 Å². The number of esters is 1. The molecule has 0 spiro atoms. The third-order valence-corrected chi connectivity index (χ3v) is 4.35. The molecule has 0 radical (unpaired) electrons. The number of alkyl halides is 2. The van der Waals surface area contributed by atoms with Gasteiger partial charge < -0.3 is 23.4 Å². The van der Waals surface area contributed by atoms with E-state index < -0.39 is 18.2 Å². The van der Waals surface area contributed by atoms with E-state index in [0.717, 1.165) is 4.68 Å². The average molecular weight is 468 g/mol. The minimum Gasteiger partial charge on any atom is -0.493 e. The first-order valence-corrected chi connectivity index (χ1v) is 9.34. The number of carbonyl (C=O) groups excluding carboxylic acids is 1. The van der Waals surface area contributed by atoms with Gasteiger partial charge in [0.1, 0.15) is 12.4 Å². The second kappa shape index (κ2) is 10.0. The van der Waals surface area contributed by atoms with Crippen LogP contribution in [0.1, 0.15) is 34.1 Å². The van der Waals surface area contributed by atoms with E-state index >= 15 is 0 Å². The van der Waals surface area contributed by atoms with Crippen molar-refractivity contribution in [2.75, 3.05) is 21.3 Å². The summed E-state index contributed by atoms with van der Waals surface area (Å²) in [6.45, 7) is -0.0287. The molecule has 0 unspecified atom stereocenters. The predicted molar refractivity (Wildman–Crippen MR) is 109 cm³/mol. The van der Waals surface area contributed by atoms with Gasteiger partial charge in [-0.3, -0.25) is 0 Å². The van der Waals surface area contributed by atoms with Gasteiger partial charge >= 0.3 is 5.97 Å². The van der Waals surface area contributed by atoms with Crippen molar-refractivity contribution in [1.29, 1.82) is 0 Å². The van der Waals surface area contributed by atoms with Crippen LogP contribution in [-0.2, 0) is 11.3 Å². The minimum absolute atomic E-state index is 0.0287. The highest BCUT2D eigenvalue weighted by molar-refractivity contribution is 7.71. The highest BCUT2D eigenvalue weighted by atomic mass is 32.1. The number of carbonyl (C=O) groups is 1. The number of H-pyrrole nitrogens is 1. The molecule has 32 heavy (non-hydrogen) atoms. The Morgan fingerprint density at radius 2 is 1.97 bits per heavy atom. The molecule has 10 nitrogen and oxygen atoms in total. The number of nitrogens with zero attached hydrogens (tertiary/aromatic N) is 3. The van der Waals surface area contributed by atoms with E-state index in [2.05, 4.69) is 20.0 Å². The van der Waals surface area contributed by atoms with Crippen molar-refractivity contribution in [3.05, 3.63) is 51.9 Å². The number of rotatable bonds is 9. The van der Waals surface area contributed by atoms with Gasteiger partial charge in [-0.25, -0.2) is 18.7 Å². The summed E-state index contributed by atoms with van der Waals surface area (Å²) in [4.78, 5) is 11.5. The monoisotopic (exact) mass is 468 g/mol. The molecular formula is C19H18F2N4O6S. The molecule has 0 aliphatic heterocycles. The summed E-state index contributed by atoms with van der Waals surface area (Å²) in [5.41, 5.74) is 0.459. The Hall–Kier alpha value is -3.74. The molecule has 0 aliphatic rings. The Morgan fingerprint density at radius 3 is 2.56 bits per heavy atom. The van der Waals surface area contributed by atoms with E-state index in [1.54, 1.807) is 18.2 Å². The maximum absolute atomic E-state index is 13.0. The van der Waals surface area contributed by atoms with Crippen LogP contribution in [0.5, 0.6) is 17.2 Å². The summed E-state index contributed by atoms with van der Waals surface area (Å²) in [7, 11) is 4.09. The zero-order chi connectivity index (χ0) is 23.3. The maximum Gasteiger partial charge on any atom is 0.373 e. The summed E-state index contributed by atoms with van der Waals surface area (Å²) in [5.74, 6) is 0.0199. The Bertz CT molecular complexity index is 1160. The van der Waals surface area contributed by atoms with E-state index in [9.17, 15) is 13.6 Å². The molecule has 1 aromatic carbocycles. The average Bonchev–Trinajstić information content (AvgIpc) is 3.42. The van der Waals surface area contributed by atoms with Crippen molar-refractivity contribution in [2.24, 2.45) is 5.10 Å². The second-order valence-corrected chi connectivity index (χ2v) is 6.43. The zero-order valence-electron chi connectivity index (χ0n) is 17.1. The molecule has 3 aromatic rings. The van der Waals surface area contributed by atoms with E-state index in [4.69, 9.17) is 30.8 Å². The molecule has 0 aliphatic carbocycles. The molecule has 0 atom stereocenters. The number of hydrogen-bond acceptors (Lipinski definition) is 9. The van der Waals surface area contributed by atoms with Crippen LogP contribution in [0.15, 0.2) is 33.8 Å². The summed E-state index contributed by atoms with van der Waals surface area (Å²) < 4.78 is 53.3. The lowest BCUT2D eigenvalue weighted by Gasteiger charge is -2.14. The first-order chi connectivity index (χ1) is 15.4. The smallest absolute Gasteiger partial charge is 0.373 e. The van der Waals surface area contributed by atoms with Gasteiger partial charge in [-0.15, -0.1) is 0 Å². The molecule has 3 rings (SSSR count). The Kier molecular flexibility index (Phi) is 7.20. The maximum atomic E-state index is 13.0. The number of ether oxygens (including phenoxy) is 4. The first-order valence-electron chi connectivity index (χ1n) is 8.93. The van der Waals surface area contributed by atoms with Crippen LogP contribution in [0, 0.1) is 4.77 Å². The van der Waals surface area contributed by atoms with E-state index in [-0.39, 0.29) is 34.4 Å². The van der Waals surface area contributed by atoms with Gasteiger partial charge in [0.05, 0.1) is 27.5 Å². The molecule has 2 heterocycles. The van der Waals surface area contributed by atoms with Crippen molar-refractivity contribution >= 4 is 24.4 Å². The lowest BCUT2D eigenvalue weighted by Crippen LogP contribution is -2.02. The van der Waals surface area contributed by atoms with E-state index in [1.165, 1.54) is 33.6 Å². The van der Waals surface area contributed by atoms with Gasteiger partial charge in [0.2, 0.25) is 22.1 Å². The minimum atomic E-state index is -2.86. The third-order valence-electron chi connectivity index (χ3n) is 4.08. The quantitative estimate of drug-likeness (QED) is 0.287. The lowest BCUT2D eigenvalue weighted by molar-refractivity contribution is 0.0560. The first kappa shape index (κ1) is 22.9.